The molecule has 1 aromatic carbocycles. The maximum atomic E-state index is 11.0. The van der Waals surface area contributed by atoms with Crippen LogP contribution in [0.3, 0.4) is 0 Å². The van der Waals surface area contributed by atoms with E-state index in [9.17, 15) is 4.79 Å². The van der Waals surface area contributed by atoms with Crippen LogP contribution in [0.5, 0.6) is 0 Å². The van der Waals surface area contributed by atoms with E-state index in [1.807, 2.05) is 18.2 Å². The maximum absolute atomic E-state index is 11.0. The van der Waals surface area contributed by atoms with Crippen LogP contribution in [0, 0.1) is 0 Å². The van der Waals surface area contributed by atoms with Gasteiger partial charge in [0.2, 0.25) is 5.91 Å². The molecule has 0 aliphatic rings. The molecule has 1 aromatic heterocycles. The molecule has 0 bridgehead atoms. The minimum absolute atomic E-state index is 0.144. The van der Waals surface area contributed by atoms with Crippen LogP contribution in [0.25, 0.3) is 10.9 Å². The van der Waals surface area contributed by atoms with Gasteiger partial charge in [0.15, 0.2) is 0 Å². The zero-order chi connectivity index (χ0) is 10.8. The van der Waals surface area contributed by atoms with Crippen molar-refractivity contribution >= 4 is 38.6 Å². The second kappa shape index (κ2) is 3.94. The molecule has 4 nitrogen and oxygen atoms in total. The summed E-state index contributed by atoms with van der Waals surface area (Å²) in [6, 6.07) is 5.64. The fourth-order valence-electron chi connectivity index (χ4n) is 1.32. The molecule has 0 fully saturated rings. The van der Waals surface area contributed by atoms with E-state index in [0.29, 0.717) is 5.82 Å². The lowest BCUT2D eigenvalue weighted by Crippen LogP contribution is -2.08. The van der Waals surface area contributed by atoms with Crippen molar-refractivity contribution in [2.24, 2.45) is 0 Å². The first-order chi connectivity index (χ1) is 7.18. The normalized spacial score (nSPS) is 10.3. The zero-order valence-electron chi connectivity index (χ0n) is 7.99. The highest BCUT2D eigenvalue weighted by Gasteiger charge is 2.06. The number of benzene rings is 1. The largest absolute Gasteiger partial charge is 0.310 e. The molecule has 2 aromatic rings. The number of fused-ring (bicyclic) bond motifs is 1. The van der Waals surface area contributed by atoms with Gasteiger partial charge >= 0.3 is 0 Å². The summed E-state index contributed by atoms with van der Waals surface area (Å²) in [5, 5.41) is 3.49. The minimum atomic E-state index is -0.144. The Morgan fingerprint density at radius 1 is 1.40 bits per heavy atom. The lowest BCUT2D eigenvalue weighted by atomic mass is 10.2. The second-order valence-electron chi connectivity index (χ2n) is 3.04. The van der Waals surface area contributed by atoms with Gasteiger partial charge in [-0.05, 0) is 28.1 Å². The Morgan fingerprint density at radius 2 is 2.20 bits per heavy atom. The number of aromatic nitrogens is 2. The fraction of sp³-hybridized carbons (Fsp3) is 0.100. The fourth-order valence-corrected chi connectivity index (χ4v) is 1.79. The van der Waals surface area contributed by atoms with Crippen LogP contribution in [0.1, 0.15) is 6.92 Å². The highest BCUT2D eigenvalue weighted by atomic mass is 79.9. The monoisotopic (exact) mass is 265 g/mol. The van der Waals surface area contributed by atoms with E-state index < -0.39 is 0 Å². The molecule has 2 rings (SSSR count). The highest BCUT2D eigenvalue weighted by Crippen LogP contribution is 2.25. The van der Waals surface area contributed by atoms with Gasteiger partial charge in [0.05, 0.1) is 5.52 Å². The molecule has 0 aliphatic carbocycles. The molecular formula is C10H8BrN3O. The molecule has 0 saturated heterocycles. The number of nitrogens with zero attached hydrogens (tertiary/aromatic N) is 2. The van der Waals surface area contributed by atoms with Crippen LogP contribution in [0.15, 0.2) is 29.0 Å². The standard InChI is InChI=1S/C10H8BrN3O/c1-6(15)14-10-7-3-2-4-8(11)9(7)12-5-13-10/h2-5H,1H3,(H,12,13,14,15). The second-order valence-corrected chi connectivity index (χ2v) is 3.89. The third-order valence-corrected chi connectivity index (χ3v) is 2.55. The van der Waals surface area contributed by atoms with Gasteiger partial charge in [-0.15, -0.1) is 0 Å². The van der Waals surface area contributed by atoms with Gasteiger partial charge in [0, 0.05) is 16.8 Å². The Kier molecular flexibility index (Phi) is 2.64. The van der Waals surface area contributed by atoms with Gasteiger partial charge in [-0.25, -0.2) is 9.97 Å². The third kappa shape index (κ3) is 1.97. The molecule has 0 atom stereocenters. The van der Waals surface area contributed by atoms with Gasteiger partial charge < -0.3 is 5.32 Å². The predicted octanol–water partition coefficient (Wildman–Crippen LogP) is 2.35. The van der Waals surface area contributed by atoms with Crippen molar-refractivity contribution < 1.29 is 4.79 Å². The van der Waals surface area contributed by atoms with Gasteiger partial charge in [-0.1, -0.05) is 6.07 Å². The summed E-state index contributed by atoms with van der Waals surface area (Å²) in [4.78, 5) is 19.1. The first kappa shape index (κ1) is 10.0. The number of halogens is 1. The number of nitrogens with one attached hydrogen (secondary N) is 1. The van der Waals surface area contributed by atoms with Crippen LogP contribution in [-0.2, 0) is 4.79 Å². The summed E-state index contributed by atoms with van der Waals surface area (Å²) in [6.07, 6.45) is 1.43. The number of anilines is 1. The summed E-state index contributed by atoms with van der Waals surface area (Å²) in [5.74, 6) is 0.392. The van der Waals surface area contributed by atoms with Crippen LogP contribution >= 0.6 is 15.9 Å². The zero-order valence-corrected chi connectivity index (χ0v) is 9.58. The number of hydrogen-bond donors (Lipinski definition) is 1. The van der Waals surface area contributed by atoms with Crippen molar-refractivity contribution in [3.8, 4) is 0 Å². The summed E-state index contributed by atoms with van der Waals surface area (Å²) >= 11 is 3.39. The van der Waals surface area contributed by atoms with E-state index in [0.717, 1.165) is 15.4 Å². The van der Waals surface area contributed by atoms with E-state index in [4.69, 9.17) is 0 Å². The lowest BCUT2D eigenvalue weighted by molar-refractivity contribution is -0.114. The Morgan fingerprint density at radius 3 is 2.93 bits per heavy atom. The van der Waals surface area contributed by atoms with E-state index in [2.05, 4.69) is 31.2 Å². The Balaban J connectivity index is 2.65. The van der Waals surface area contributed by atoms with E-state index in [1.54, 1.807) is 0 Å². The van der Waals surface area contributed by atoms with Crippen molar-refractivity contribution in [3.63, 3.8) is 0 Å². The lowest BCUT2D eigenvalue weighted by Gasteiger charge is -2.05. The molecule has 15 heavy (non-hydrogen) atoms. The average molecular weight is 266 g/mol. The number of carbonyl (C=O) groups is 1. The van der Waals surface area contributed by atoms with E-state index in [1.165, 1.54) is 13.3 Å². The number of para-hydroxylation sites is 1. The quantitative estimate of drug-likeness (QED) is 0.861. The smallest absolute Gasteiger partial charge is 0.222 e. The third-order valence-electron chi connectivity index (χ3n) is 1.91. The molecule has 0 aliphatic heterocycles. The van der Waals surface area contributed by atoms with Gasteiger partial charge in [-0.3, -0.25) is 4.79 Å². The number of amides is 1. The van der Waals surface area contributed by atoms with Crippen molar-refractivity contribution in [1.29, 1.82) is 0 Å². The number of rotatable bonds is 1. The highest BCUT2D eigenvalue weighted by molar-refractivity contribution is 9.10. The first-order valence-electron chi connectivity index (χ1n) is 4.35. The molecule has 5 heteroatoms. The Labute approximate surface area is 94.9 Å². The predicted molar refractivity (Wildman–Crippen MR) is 61.5 cm³/mol. The van der Waals surface area contributed by atoms with Gasteiger partial charge in [0.25, 0.3) is 0 Å². The van der Waals surface area contributed by atoms with Crippen molar-refractivity contribution in [1.82, 2.24) is 9.97 Å². The number of hydrogen-bond acceptors (Lipinski definition) is 3. The van der Waals surface area contributed by atoms with Crippen molar-refractivity contribution in [3.05, 3.63) is 29.0 Å². The molecule has 0 radical (unpaired) electrons. The average Bonchev–Trinajstić information content (AvgIpc) is 2.19. The summed E-state index contributed by atoms with van der Waals surface area (Å²) in [6.45, 7) is 1.45. The van der Waals surface area contributed by atoms with Crippen molar-refractivity contribution in [2.75, 3.05) is 5.32 Å². The van der Waals surface area contributed by atoms with Gasteiger partial charge in [0.1, 0.15) is 12.1 Å². The van der Waals surface area contributed by atoms with Crippen LogP contribution in [0.2, 0.25) is 0 Å². The Hall–Kier alpha value is -1.49. The molecular weight excluding hydrogens is 258 g/mol. The SMILES string of the molecule is CC(=O)Nc1ncnc2c(Br)cccc12. The summed E-state index contributed by atoms with van der Waals surface area (Å²) in [7, 11) is 0. The minimum Gasteiger partial charge on any atom is -0.310 e. The van der Waals surface area contributed by atoms with Crippen LogP contribution in [0.4, 0.5) is 5.82 Å². The maximum Gasteiger partial charge on any atom is 0.222 e. The topological polar surface area (TPSA) is 54.9 Å². The molecule has 1 heterocycles. The molecule has 1 N–H and O–H groups in total. The molecule has 0 spiro atoms. The van der Waals surface area contributed by atoms with Crippen molar-refractivity contribution in [2.45, 2.75) is 6.92 Å². The molecule has 1 amide bonds. The molecule has 0 unspecified atom stereocenters. The molecule has 76 valence electrons. The number of carbonyl (C=O) groups excluding carboxylic acids is 1. The summed E-state index contributed by atoms with van der Waals surface area (Å²) in [5.41, 5.74) is 0.788. The van der Waals surface area contributed by atoms with E-state index in [-0.39, 0.29) is 5.91 Å². The van der Waals surface area contributed by atoms with Crippen LogP contribution < -0.4 is 5.32 Å². The molecule has 0 saturated carbocycles. The first-order valence-corrected chi connectivity index (χ1v) is 5.14. The van der Waals surface area contributed by atoms with Gasteiger partial charge in [-0.2, -0.15) is 0 Å². The van der Waals surface area contributed by atoms with Crippen LogP contribution in [-0.4, -0.2) is 15.9 Å². The Bertz CT molecular complexity index is 527. The summed E-state index contributed by atoms with van der Waals surface area (Å²) < 4.78 is 0.883. The van der Waals surface area contributed by atoms with E-state index >= 15 is 0 Å².